The van der Waals surface area contributed by atoms with Gasteiger partial charge in [0.1, 0.15) is 32.7 Å². The van der Waals surface area contributed by atoms with E-state index in [1.807, 2.05) is 13.8 Å². The standard InChI is InChI=1S/C21H21N7O2S2/c1-8-9(2)32-20-13(8)15(22)23-12(24-20)7-31-19-14-17(25-16(26-19)10-3-4-10)28(11-5-6-11)21(30)27-18(14)29/h10-11H,3-7H2,1-2H3,(H2,22,23,24)(H,27,29,30). The molecule has 2 fully saturated rings. The van der Waals surface area contributed by atoms with Gasteiger partial charge in [0.2, 0.25) is 0 Å². The van der Waals surface area contributed by atoms with Gasteiger partial charge >= 0.3 is 5.69 Å². The molecule has 0 saturated heterocycles. The smallest absolute Gasteiger partial charge is 0.330 e. The number of fused-ring (bicyclic) bond motifs is 2. The largest absolute Gasteiger partial charge is 0.383 e. The van der Waals surface area contributed by atoms with E-state index in [2.05, 4.69) is 15.0 Å². The topological polar surface area (TPSA) is 132 Å². The van der Waals surface area contributed by atoms with Crippen LogP contribution in [0.25, 0.3) is 21.3 Å². The van der Waals surface area contributed by atoms with Gasteiger partial charge < -0.3 is 5.73 Å². The molecule has 0 atom stereocenters. The predicted octanol–water partition coefficient (Wildman–Crippen LogP) is 3.19. The number of aromatic nitrogens is 6. The first-order valence-electron chi connectivity index (χ1n) is 10.6. The fourth-order valence-corrected chi connectivity index (χ4v) is 5.90. The van der Waals surface area contributed by atoms with Crippen molar-refractivity contribution in [1.29, 1.82) is 0 Å². The second-order valence-corrected chi connectivity index (χ2v) is 10.7. The summed E-state index contributed by atoms with van der Waals surface area (Å²) < 4.78 is 1.63. The lowest BCUT2D eigenvalue weighted by Gasteiger charge is -2.12. The van der Waals surface area contributed by atoms with E-state index in [4.69, 9.17) is 15.7 Å². The van der Waals surface area contributed by atoms with E-state index in [0.29, 0.717) is 45.2 Å². The van der Waals surface area contributed by atoms with E-state index in [9.17, 15) is 9.59 Å². The van der Waals surface area contributed by atoms with Crippen LogP contribution in [0.4, 0.5) is 5.82 Å². The summed E-state index contributed by atoms with van der Waals surface area (Å²) in [6, 6.07) is 0.0949. The Morgan fingerprint density at radius 2 is 1.88 bits per heavy atom. The maximum absolute atomic E-state index is 12.8. The number of hydrogen-bond acceptors (Lipinski definition) is 9. The predicted molar refractivity (Wildman–Crippen MR) is 126 cm³/mol. The van der Waals surface area contributed by atoms with Crippen LogP contribution < -0.4 is 17.0 Å². The van der Waals surface area contributed by atoms with Crippen molar-refractivity contribution >= 4 is 50.2 Å². The highest BCUT2D eigenvalue weighted by Gasteiger charge is 2.32. The number of H-pyrrole nitrogens is 1. The molecule has 2 aliphatic carbocycles. The van der Waals surface area contributed by atoms with E-state index in [-0.39, 0.29) is 6.04 Å². The second-order valence-electron chi connectivity index (χ2n) is 8.50. The van der Waals surface area contributed by atoms with E-state index >= 15 is 0 Å². The van der Waals surface area contributed by atoms with Crippen LogP contribution in [0.5, 0.6) is 0 Å². The maximum Gasteiger partial charge on any atom is 0.330 e. The molecule has 164 valence electrons. The fraction of sp³-hybridized carbons (Fsp3) is 0.429. The molecular formula is C21H21N7O2S2. The van der Waals surface area contributed by atoms with Crippen molar-refractivity contribution < 1.29 is 0 Å². The molecule has 11 heteroatoms. The molecule has 4 aromatic heterocycles. The molecule has 2 aliphatic rings. The first-order chi connectivity index (χ1) is 15.4. The van der Waals surface area contributed by atoms with E-state index in [1.165, 1.54) is 16.6 Å². The van der Waals surface area contributed by atoms with Crippen molar-refractivity contribution in [3.05, 3.63) is 42.9 Å². The van der Waals surface area contributed by atoms with Crippen LogP contribution in [0.2, 0.25) is 0 Å². The zero-order valence-corrected chi connectivity index (χ0v) is 19.3. The van der Waals surface area contributed by atoms with Crippen LogP contribution in [-0.4, -0.2) is 29.5 Å². The number of thioether (sulfide) groups is 1. The van der Waals surface area contributed by atoms with Crippen LogP contribution >= 0.6 is 23.1 Å². The molecule has 32 heavy (non-hydrogen) atoms. The summed E-state index contributed by atoms with van der Waals surface area (Å²) in [5.74, 6) is 2.47. The van der Waals surface area contributed by atoms with Gasteiger partial charge in [-0.25, -0.2) is 24.7 Å². The number of aryl methyl sites for hydroxylation is 2. The van der Waals surface area contributed by atoms with Crippen molar-refractivity contribution in [2.75, 3.05) is 5.73 Å². The number of nitrogens with zero attached hydrogens (tertiary/aromatic N) is 5. The highest BCUT2D eigenvalue weighted by Crippen LogP contribution is 2.41. The Bertz CT molecular complexity index is 1530. The Morgan fingerprint density at radius 1 is 1.09 bits per heavy atom. The lowest BCUT2D eigenvalue weighted by Crippen LogP contribution is -2.31. The van der Waals surface area contributed by atoms with Gasteiger partial charge in [0, 0.05) is 16.8 Å². The number of hydrogen-bond donors (Lipinski definition) is 2. The maximum atomic E-state index is 12.8. The number of nitrogens with two attached hydrogens (primary N) is 1. The normalized spacial score (nSPS) is 16.3. The summed E-state index contributed by atoms with van der Waals surface area (Å²) in [6.07, 6.45) is 3.89. The highest BCUT2D eigenvalue weighted by atomic mass is 32.2. The molecule has 0 spiro atoms. The third-order valence-corrected chi connectivity index (χ3v) is 8.14. The summed E-state index contributed by atoms with van der Waals surface area (Å²) in [4.78, 5) is 48.4. The van der Waals surface area contributed by atoms with Crippen LogP contribution in [0, 0.1) is 13.8 Å². The Balaban J connectivity index is 1.45. The Morgan fingerprint density at radius 3 is 2.59 bits per heavy atom. The van der Waals surface area contributed by atoms with Crippen LogP contribution in [0.1, 0.15) is 59.7 Å². The number of anilines is 1. The molecule has 9 nitrogen and oxygen atoms in total. The summed E-state index contributed by atoms with van der Waals surface area (Å²) in [5, 5.41) is 1.84. The van der Waals surface area contributed by atoms with Gasteiger partial charge in [-0.3, -0.25) is 14.3 Å². The Kier molecular flexibility index (Phi) is 4.41. The molecular weight excluding hydrogens is 446 g/mol. The minimum Gasteiger partial charge on any atom is -0.383 e. The molecule has 0 aromatic carbocycles. The quantitative estimate of drug-likeness (QED) is 0.338. The van der Waals surface area contributed by atoms with E-state index in [1.54, 1.807) is 15.9 Å². The Labute approximate surface area is 190 Å². The molecule has 0 amide bonds. The van der Waals surface area contributed by atoms with Gasteiger partial charge in [0.05, 0.1) is 11.1 Å². The molecule has 0 unspecified atom stereocenters. The molecule has 2 saturated carbocycles. The summed E-state index contributed by atoms with van der Waals surface area (Å²) in [6.45, 7) is 4.08. The lowest BCUT2D eigenvalue weighted by molar-refractivity contribution is 0.691. The minimum atomic E-state index is -0.452. The van der Waals surface area contributed by atoms with Crippen LogP contribution in [0.15, 0.2) is 14.6 Å². The lowest BCUT2D eigenvalue weighted by atomic mass is 10.2. The highest BCUT2D eigenvalue weighted by molar-refractivity contribution is 7.98. The summed E-state index contributed by atoms with van der Waals surface area (Å²) >= 11 is 2.99. The minimum absolute atomic E-state index is 0.0949. The van der Waals surface area contributed by atoms with E-state index < -0.39 is 11.2 Å². The molecule has 4 heterocycles. The van der Waals surface area contributed by atoms with Crippen LogP contribution in [0.3, 0.4) is 0 Å². The zero-order chi connectivity index (χ0) is 22.1. The average molecular weight is 468 g/mol. The second kappa shape index (κ2) is 7.11. The van der Waals surface area contributed by atoms with Gasteiger partial charge in [0.25, 0.3) is 5.56 Å². The number of aromatic amines is 1. The van der Waals surface area contributed by atoms with Crippen LogP contribution in [-0.2, 0) is 5.75 Å². The van der Waals surface area contributed by atoms with Gasteiger partial charge in [-0.05, 0) is 45.1 Å². The molecule has 0 radical (unpaired) electrons. The molecule has 0 aliphatic heterocycles. The van der Waals surface area contributed by atoms with Crippen molar-refractivity contribution in [3.8, 4) is 0 Å². The van der Waals surface area contributed by atoms with Gasteiger partial charge in [-0.1, -0.05) is 11.8 Å². The van der Waals surface area contributed by atoms with Crippen molar-refractivity contribution in [2.45, 2.75) is 62.3 Å². The van der Waals surface area contributed by atoms with Gasteiger partial charge in [-0.2, -0.15) is 0 Å². The number of nitrogen functional groups attached to an aromatic ring is 1. The van der Waals surface area contributed by atoms with Gasteiger partial charge in [-0.15, -0.1) is 11.3 Å². The summed E-state index contributed by atoms with van der Waals surface area (Å²) in [7, 11) is 0. The molecule has 0 bridgehead atoms. The number of nitrogens with one attached hydrogen (secondary N) is 1. The fourth-order valence-electron chi connectivity index (χ4n) is 3.96. The zero-order valence-electron chi connectivity index (χ0n) is 17.6. The van der Waals surface area contributed by atoms with Crippen molar-refractivity contribution in [1.82, 2.24) is 29.5 Å². The first kappa shape index (κ1) is 19.9. The number of rotatable bonds is 5. The average Bonchev–Trinajstić information content (AvgIpc) is 3.65. The Hall–Kier alpha value is -2.79. The van der Waals surface area contributed by atoms with E-state index in [0.717, 1.165) is 41.5 Å². The molecule has 3 N–H and O–H groups in total. The van der Waals surface area contributed by atoms with Gasteiger partial charge in [0.15, 0.2) is 5.65 Å². The SMILES string of the molecule is Cc1sc2nc(CSc3nc(C4CC4)nc4c3c(=O)[nH]c(=O)n4C3CC3)nc(N)c2c1C. The third kappa shape index (κ3) is 3.22. The molecule has 6 rings (SSSR count). The first-order valence-corrected chi connectivity index (χ1v) is 12.4. The third-order valence-electron chi connectivity index (χ3n) is 6.06. The number of thiophene rings is 1. The van der Waals surface area contributed by atoms with Crippen molar-refractivity contribution in [2.24, 2.45) is 0 Å². The van der Waals surface area contributed by atoms with Crippen molar-refractivity contribution in [3.63, 3.8) is 0 Å². The summed E-state index contributed by atoms with van der Waals surface area (Å²) in [5.41, 5.74) is 6.94. The molecule has 4 aromatic rings. The monoisotopic (exact) mass is 467 g/mol.